The van der Waals surface area contributed by atoms with Crippen molar-refractivity contribution in [3.8, 4) is 0 Å². The highest BCUT2D eigenvalue weighted by Crippen LogP contribution is 2.34. The second kappa shape index (κ2) is 6.19. The van der Waals surface area contributed by atoms with E-state index >= 15 is 0 Å². The number of hydrogen-bond donors (Lipinski definition) is 2. The molecule has 0 radical (unpaired) electrons. The second-order valence-corrected chi connectivity index (χ2v) is 5.96. The lowest BCUT2D eigenvalue weighted by Crippen LogP contribution is -2.31. The van der Waals surface area contributed by atoms with E-state index in [0.717, 1.165) is 5.56 Å². The van der Waals surface area contributed by atoms with Gasteiger partial charge in [-0.1, -0.05) is 48.2 Å². The Balaban J connectivity index is 2.07. The number of H-pyrrole nitrogens is 1. The molecule has 0 fully saturated rings. The molecule has 0 saturated carbocycles. The first-order valence-electron chi connectivity index (χ1n) is 6.91. The molecule has 22 heavy (non-hydrogen) atoms. The summed E-state index contributed by atoms with van der Waals surface area (Å²) in [6.07, 6.45) is 1.98. The molecule has 1 amide bonds. The van der Waals surface area contributed by atoms with Crippen LogP contribution in [0.2, 0.25) is 0 Å². The standard InChI is InChI=1S/C16H15N3O2S/c1-2-8-22-16-18-14-13(15(21)19-16)11(9-12(20)17-14)10-6-4-3-5-7-10/h2-7,11H,1,8-9H2,(H2,17,18,19,20,21). The van der Waals surface area contributed by atoms with Crippen molar-refractivity contribution in [1.82, 2.24) is 9.97 Å². The molecule has 3 rings (SSSR count). The molecule has 5 nitrogen and oxygen atoms in total. The first-order chi connectivity index (χ1) is 10.7. The summed E-state index contributed by atoms with van der Waals surface area (Å²) in [5, 5.41) is 3.19. The van der Waals surface area contributed by atoms with Crippen LogP contribution in [0.4, 0.5) is 5.82 Å². The lowest BCUT2D eigenvalue weighted by Gasteiger charge is -2.24. The summed E-state index contributed by atoms with van der Waals surface area (Å²) in [5.41, 5.74) is 1.26. The smallest absolute Gasteiger partial charge is 0.257 e. The van der Waals surface area contributed by atoms with E-state index in [9.17, 15) is 9.59 Å². The molecule has 2 aromatic rings. The van der Waals surface area contributed by atoms with Crippen LogP contribution in [-0.4, -0.2) is 21.6 Å². The van der Waals surface area contributed by atoms with Crippen molar-refractivity contribution in [2.24, 2.45) is 0 Å². The molecule has 0 bridgehead atoms. The minimum absolute atomic E-state index is 0.126. The van der Waals surface area contributed by atoms with E-state index in [4.69, 9.17) is 0 Å². The summed E-state index contributed by atoms with van der Waals surface area (Å²) in [7, 11) is 0. The highest BCUT2D eigenvalue weighted by atomic mass is 32.2. The Labute approximate surface area is 131 Å². The fraction of sp³-hybridized carbons (Fsp3) is 0.188. The fourth-order valence-electron chi connectivity index (χ4n) is 2.53. The SMILES string of the molecule is C=CCSc1nc2c(c(=O)[nH]1)C(c1ccccc1)CC(=O)N2. The van der Waals surface area contributed by atoms with Crippen LogP contribution in [0.1, 0.15) is 23.5 Å². The van der Waals surface area contributed by atoms with Crippen LogP contribution in [-0.2, 0) is 4.79 Å². The number of nitrogens with zero attached hydrogens (tertiary/aromatic N) is 1. The molecule has 2 N–H and O–H groups in total. The molecule has 1 aromatic carbocycles. The zero-order chi connectivity index (χ0) is 15.5. The predicted octanol–water partition coefficient (Wildman–Crippen LogP) is 2.52. The van der Waals surface area contributed by atoms with Gasteiger partial charge < -0.3 is 10.3 Å². The van der Waals surface area contributed by atoms with Crippen molar-refractivity contribution < 1.29 is 4.79 Å². The molecule has 1 aliphatic heterocycles. The van der Waals surface area contributed by atoms with E-state index in [1.807, 2.05) is 30.3 Å². The van der Waals surface area contributed by atoms with E-state index in [2.05, 4.69) is 21.9 Å². The van der Waals surface area contributed by atoms with Crippen LogP contribution >= 0.6 is 11.8 Å². The zero-order valence-electron chi connectivity index (χ0n) is 11.8. The van der Waals surface area contributed by atoms with Crippen LogP contribution in [0.25, 0.3) is 0 Å². The quantitative estimate of drug-likeness (QED) is 0.517. The maximum absolute atomic E-state index is 12.5. The van der Waals surface area contributed by atoms with Gasteiger partial charge in [-0.2, -0.15) is 0 Å². The number of rotatable bonds is 4. The number of carbonyl (C=O) groups is 1. The maximum atomic E-state index is 12.5. The Hall–Kier alpha value is -2.34. The average molecular weight is 313 g/mol. The monoisotopic (exact) mass is 313 g/mol. The van der Waals surface area contributed by atoms with Crippen LogP contribution in [0.5, 0.6) is 0 Å². The van der Waals surface area contributed by atoms with Crippen molar-refractivity contribution in [2.45, 2.75) is 17.5 Å². The largest absolute Gasteiger partial charge is 0.310 e. The Morgan fingerprint density at radius 3 is 2.82 bits per heavy atom. The van der Waals surface area contributed by atoms with Gasteiger partial charge in [0.1, 0.15) is 5.82 Å². The highest BCUT2D eigenvalue weighted by molar-refractivity contribution is 7.99. The van der Waals surface area contributed by atoms with E-state index in [1.165, 1.54) is 11.8 Å². The Bertz CT molecular complexity index is 771. The van der Waals surface area contributed by atoms with Gasteiger partial charge in [-0.3, -0.25) is 9.59 Å². The molecular formula is C16H15N3O2S. The molecule has 1 aromatic heterocycles. The number of aromatic amines is 1. The van der Waals surface area contributed by atoms with Crippen LogP contribution < -0.4 is 10.9 Å². The molecule has 0 aliphatic carbocycles. The fourth-order valence-corrected chi connectivity index (χ4v) is 3.12. The number of benzene rings is 1. The maximum Gasteiger partial charge on any atom is 0.257 e. The molecular weight excluding hydrogens is 298 g/mol. The first kappa shape index (κ1) is 14.6. The van der Waals surface area contributed by atoms with Crippen LogP contribution in [0, 0.1) is 0 Å². The van der Waals surface area contributed by atoms with Crippen molar-refractivity contribution in [2.75, 3.05) is 11.1 Å². The molecule has 6 heteroatoms. The van der Waals surface area contributed by atoms with Gasteiger partial charge in [0, 0.05) is 18.1 Å². The summed E-state index contributed by atoms with van der Waals surface area (Å²) >= 11 is 1.37. The number of carbonyl (C=O) groups excluding carboxylic acids is 1. The summed E-state index contributed by atoms with van der Waals surface area (Å²) in [6.45, 7) is 3.64. The third-order valence-electron chi connectivity index (χ3n) is 3.47. The van der Waals surface area contributed by atoms with Gasteiger partial charge in [-0.05, 0) is 5.56 Å². The number of anilines is 1. The molecule has 1 aliphatic rings. The van der Waals surface area contributed by atoms with Crippen molar-refractivity contribution >= 4 is 23.5 Å². The van der Waals surface area contributed by atoms with E-state index < -0.39 is 0 Å². The van der Waals surface area contributed by atoms with Gasteiger partial charge >= 0.3 is 0 Å². The number of amides is 1. The van der Waals surface area contributed by atoms with Crippen LogP contribution in [0.15, 0.2) is 52.9 Å². The van der Waals surface area contributed by atoms with E-state index in [1.54, 1.807) is 6.08 Å². The zero-order valence-corrected chi connectivity index (χ0v) is 12.7. The Morgan fingerprint density at radius 1 is 1.32 bits per heavy atom. The van der Waals surface area contributed by atoms with E-state index in [-0.39, 0.29) is 23.8 Å². The predicted molar refractivity (Wildman–Crippen MR) is 87.3 cm³/mol. The first-order valence-corrected chi connectivity index (χ1v) is 7.90. The molecule has 112 valence electrons. The van der Waals surface area contributed by atoms with Gasteiger partial charge in [-0.15, -0.1) is 6.58 Å². The van der Waals surface area contributed by atoms with Gasteiger partial charge in [0.05, 0.1) is 5.56 Å². The average Bonchev–Trinajstić information content (AvgIpc) is 2.52. The molecule has 1 unspecified atom stereocenters. The number of thioether (sulfide) groups is 1. The lowest BCUT2D eigenvalue weighted by atomic mass is 9.87. The molecule has 0 saturated heterocycles. The van der Waals surface area contributed by atoms with Crippen molar-refractivity contribution in [3.05, 3.63) is 64.5 Å². The van der Waals surface area contributed by atoms with Gasteiger partial charge in [0.25, 0.3) is 5.56 Å². The Morgan fingerprint density at radius 2 is 2.09 bits per heavy atom. The third-order valence-corrected chi connectivity index (χ3v) is 4.34. The number of nitrogens with one attached hydrogen (secondary N) is 2. The topological polar surface area (TPSA) is 74.8 Å². The minimum atomic E-state index is -0.264. The van der Waals surface area contributed by atoms with Gasteiger partial charge in [-0.25, -0.2) is 4.98 Å². The highest BCUT2D eigenvalue weighted by Gasteiger charge is 2.30. The summed E-state index contributed by atoms with van der Waals surface area (Å²) in [5.74, 6) is 0.608. The molecule has 0 spiro atoms. The van der Waals surface area contributed by atoms with E-state index in [0.29, 0.717) is 22.3 Å². The summed E-state index contributed by atoms with van der Waals surface area (Å²) in [4.78, 5) is 31.6. The second-order valence-electron chi connectivity index (χ2n) is 4.95. The molecule has 1 atom stereocenters. The lowest BCUT2D eigenvalue weighted by molar-refractivity contribution is -0.116. The summed E-state index contributed by atoms with van der Waals surface area (Å²) < 4.78 is 0. The Kier molecular flexibility index (Phi) is 4.11. The number of hydrogen-bond acceptors (Lipinski definition) is 4. The van der Waals surface area contributed by atoms with Gasteiger partial charge in [0.2, 0.25) is 5.91 Å². The number of fused-ring (bicyclic) bond motifs is 1. The van der Waals surface area contributed by atoms with Crippen LogP contribution in [0.3, 0.4) is 0 Å². The van der Waals surface area contributed by atoms with Crippen molar-refractivity contribution in [1.29, 1.82) is 0 Å². The van der Waals surface area contributed by atoms with Gasteiger partial charge in [0.15, 0.2) is 5.16 Å². The minimum Gasteiger partial charge on any atom is -0.310 e. The third kappa shape index (κ3) is 2.82. The van der Waals surface area contributed by atoms with Crippen molar-refractivity contribution in [3.63, 3.8) is 0 Å². The normalized spacial score (nSPS) is 16.7. The molecule has 2 heterocycles. The number of aromatic nitrogens is 2. The summed E-state index contributed by atoms with van der Waals surface area (Å²) in [6, 6.07) is 9.55.